The van der Waals surface area contributed by atoms with Crippen LogP contribution >= 0.6 is 0 Å². The smallest absolute Gasteiger partial charge is 0.251 e. The molecule has 0 bridgehead atoms. The fourth-order valence-electron chi connectivity index (χ4n) is 3.05. The van der Waals surface area contributed by atoms with Crippen molar-refractivity contribution in [3.8, 4) is 0 Å². The number of amides is 1. The van der Waals surface area contributed by atoms with E-state index in [-0.39, 0.29) is 5.91 Å². The Hall–Kier alpha value is -1.35. The Bertz CT molecular complexity index is 475. The third kappa shape index (κ3) is 2.66. The first-order chi connectivity index (χ1) is 9.25. The van der Waals surface area contributed by atoms with Crippen molar-refractivity contribution in [2.24, 2.45) is 17.1 Å². The standard InChI is InChI=1S/C16H22N2O/c17-10-7-12-3-1-2-4-14(12)15(19)18-11-16(8-9-16)13-5-6-13/h1-4,13H,5-11,17H2,(H,18,19). The molecule has 3 heteroatoms. The number of nitrogens with one attached hydrogen (secondary N) is 1. The molecule has 0 unspecified atom stereocenters. The average Bonchev–Trinajstić information content (AvgIpc) is 3.29. The Morgan fingerprint density at radius 2 is 2.05 bits per heavy atom. The zero-order chi connectivity index (χ0) is 13.3. The number of nitrogens with two attached hydrogens (primary N) is 1. The predicted molar refractivity (Wildman–Crippen MR) is 75.9 cm³/mol. The zero-order valence-corrected chi connectivity index (χ0v) is 11.3. The second-order valence-electron chi connectivity index (χ2n) is 6.02. The first kappa shape index (κ1) is 12.7. The molecule has 2 saturated carbocycles. The van der Waals surface area contributed by atoms with Crippen molar-refractivity contribution < 1.29 is 4.79 Å². The Morgan fingerprint density at radius 3 is 2.68 bits per heavy atom. The summed E-state index contributed by atoms with van der Waals surface area (Å²) in [6.45, 7) is 1.43. The average molecular weight is 258 g/mol. The van der Waals surface area contributed by atoms with Gasteiger partial charge >= 0.3 is 0 Å². The van der Waals surface area contributed by atoms with Crippen LogP contribution in [0.3, 0.4) is 0 Å². The van der Waals surface area contributed by atoms with Crippen molar-refractivity contribution in [3.05, 3.63) is 35.4 Å². The van der Waals surface area contributed by atoms with E-state index in [1.54, 1.807) is 0 Å². The van der Waals surface area contributed by atoms with Gasteiger partial charge in [-0.05, 0) is 61.6 Å². The molecule has 2 fully saturated rings. The van der Waals surface area contributed by atoms with E-state index in [1.807, 2.05) is 24.3 Å². The molecular weight excluding hydrogens is 236 g/mol. The second-order valence-corrected chi connectivity index (χ2v) is 6.02. The number of hydrogen-bond donors (Lipinski definition) is 2. The van der Waals surface area contributed by atoms with Gasteiger partial charge in [-0.25, -0.2) is 0 Å². The van der Waals surface area contributed by atoms with E-state index in [4.69, 9.17) is 5.73 Å². The maximum absolute atomic E-state index is 12.3. The Labute approximate surface area is 114 Å². The number of rotatable bonds is 6. The number of carbonyl (C=O) groups excluding carboxylic acids is 1. The number of benzene rings is 1. The van der Waals surface area contributed by atoms with Crippen molar-refractivity contribution in [3.63, 3.8) is 0 Å². The summed E-state index contributed by atoms with van der Waals surface area (Å²) in [6.07, 6.45) is 6.07. The van der Waals surface area contributed by atoms with Crippen molar-refractivity contribution in [2.75, 3.05) is 13.1 Å². The first-order valence-corrected chi connectivity index (χ1v) is 7.31. The van der Waals surface area contributed by atoms with Crippen LogP contribution in [-0.2, 0) is 6.42 Å². The van der Waals surface area contributed by atoms with Gasteiger partial charge in [0.1, 0.15) is 0 Å². The van der Waals surface area contributed by atoms with Crippen molar-refractivity contribution in [1.29, 1.82) is 0 Å². The van der Waals surface area contributed by atoms with Gasteiger partial charge in [0.15, 0.2) is 0 Å². The van der Waals surface area contributed by atoms with E-state index in [0.29, 0.717) is 12.0 Å². The van der Waals surface area contributed by atoms with E-state index in [2.05, 4.69) is 5.32 Å². The van der Waals surface area contributed by atoms with Crippen molar-refractivity contribution >= 4 is 5.91 Å². The van der Waals surface area contributed by atoms with Crippen LogP contribution in [0.25, 0.3) is 0 Å². The summed E-state index contributed by atoms with van der Waals surface area (Å²) in [7, 11) is 0. The van der Waals surface area contributed by atoms with Crippen LogP contribution in [-0.4, -0.2) is 19.0 Å². The summed E-state index contributed by atoms with van der Waals surface area (Å²) in [4.78, 5) is 12.3. The van der Waals surface area contributed by atoms with Gasteiger partial charge in [0.2, 0.25) is 0 Å². The minimum atomic E-state index is 0.0657. The van der Waals surface area contributed by atoms with Gasteiger partial charge in [0, 0.05) is 12.1 Å². The van der Waals surface area contributed by atoms with Crippen LogP contribution in [0.2, 0.25) is 0 Å². The summed E-state index contributed by atoms with van der Waals surface area (Å²) in [5.74, 6) is 0.947. The lowest BCUT2D eigenvalue weighted by Gasteiger charge is -2.16. The van der Waals surface area contributed by atoms with Gasteiger partial charge in [-0.2, -0.15) is 0 Å². The minimum absolute atomic E-state index is 0.0657. The Kier molecular flexibility index (Phi) is 3.31. The molecule has 0 atom stereocenters. The summed E-state index contributed by atoms with van der Waals surface area (Å²) >= 11 is 0. The van der Waals surface area contributed by atoms with Crippen LogP contribution in [0.5, 0.6) is 0 Å². The van der Waals surface area contributed by atoms with Gasteiger partial charge in [0.25, 0.3) is 5.91 Å². The highest BCUT2D eigenvalue weighted by atomic mass is 16.1. The van der Waals surface area contributed by atoms with E-state index in [0.717, 1.165) is 30.0 Å². The minimum Gasteiger partial charge on any atom is -0.351 e. The number of carbonyl (C=O) groups is 1. The molecule has 102 valence electrons. The molecule has 0 radical (unpaired) electrons. The van der Waals surface area contributed by atoms with Gasteiger partial charge < -0.3 is 11.1 Å². The Morgan fingerprint density at radius 1 is 1.32 bits per heavy atom. The lowest BCUT2D eigenvalue weighted by Crippen LogP contribution is -2.32. The van der Waals surface area contributed by atoms with Crippen LogP contribution < -0.4 is 11.1 Å². The third-order valence-electron chi connectivity index (χ3n) is 4.61. The molecule has 19 heavy (non-hydrogen) atoms. The predicted octanol–water partition coefficient (Wildman–Crippen LogP) is 2.11. The van der Waals surface area contributed by atoms with Gasteiger partial charge in [-0.3, -0.25) is 4.79 Å². The topological polar surface area (TPSA) is 55.1 Å². The summed E-state index contributed by atoms with van der Waals surface area (Å²) in [5.41, 5.74) is 7.90. The summed E-state index contributed by atoms with van der Waals surface area (Å²) in [6, 6.07) is 7.78. The Balaban J connectivity index is 1.63. The molecule has 0 heterocycles. The van der Waals surface area contributed by atoms with Gasteiger partial charge in [0.05, 0.1) is 0 Å². The maximum Gasteiger partial charge on any atom is 0.251 e. The summed E-state index contributed by atoms with van der Waals surface area (Å²) in [5, 5.41) is 3.14. The number of hydrogen-bond acceptors (Lipinski definition) is 2. The van der Waals surface area contributed by atoms with E-state index < -0.39 is 0 Å². The lowest BCUT2D eigenvalue weighted by molar-refractivity contribution is 0.0941. The molecule has 2 aliphatic carbocycles. The lowest BCUT2D eigenvalue weighted by atomic mass is 10.00. The molecule has 0 aromatic heterocycles. The van der Waals surface area contributed by atoms with Crippen molar-refractivity contribution in [1.82, 2.24) is 5.32 Å². The fourth-order valence-corrected chi connectivity index (χ4v) is 3.05. The molecule has 3 nitrogen and oxygen atoms in total. The molecule has 3 N–H and O–H groups in total. The molecule has 1 aromatic rings. The molecule has 1 aromatic carbocycles. The molecule has 0 spiro atoms. The van der Waals surface area contributed by atoms with E-state index in [9.17, 15) is 4.79 Å². The van der Waals surface area contributed by atoms with Crippen LogP contribution in [0.4, 0.5) is 0 Å². The highest BCUT2D eigenvalue weighted by Crippen LogP contribution is 2.60. The first-order valence-electron chi connectivity index (χ1n) is 7.31. The molecule has 2 aliphatic rings. The van der Waals surface area contributed by atoms with Crippen LogP contribution in [0.15, 0.2) is 24.3 Å². The highest BCUT2D eigenvalue weighted by molar-refractivity contribution is 5.95. The highest BCUT2D eigenvalue weighted by Gasteiger charge is 2.53. The normalized spacial score (nSPS) is 20.1. The molecule has 3 rings (SSSR count). The largest absolute Gasteiger partial charge is 0.351 e. The third-order valence-corrected chi connectivity index (χ3v) is 4.61. The van der Waals surface area contributed by atoms with E-state index >= 15 is 0 Å². The SMILES string of the molecule is NCCc1ccccc1C(=O)NCC1(C2CC2)CC1. The zero-order valence-electron chi connectivity index (χ0n) is 11.3. The van der Waals surface area contributed by atoms with E-state index in [1.165, 1.54) is 25.7 Å². The molecule has 0 saturated heterocycles. The van der Waals surface area contributed by atoms with Crippen molar-refractivity contribution in [2.45, 2.75) is 32.1 Å². The van der Waals surface area contributed by atoms with Crippen LogP contribution in [0.1, 0.15) is 41.6 Å². The quantitative estimate of drug-likeness (QED) is 0.821. The van der Waals surface area contributed by atoms with Crippen LogP contribution in [0, 0.1) is 11.3 Å². The second kappa shape index (κ2) is 4.97. The van der Waals surface area contributed by atoms with Gasteiger partial charge in [-0.15, -0.1) is 0 Å². The molecule has 1 amide bonds. The summed E-state index contributed by atoms with van der Waals surface area (Å²) < 4.78 is 0. The van der Waals surface area contributed by atoms with Gasteiger partial charge in [-0.1, -0.05) is 18.2 Å². The maximum atomic E-state index is 12.3. The monoisotopic (exact) mass is 258 g/mol. The molecular formula is C16H22N2O. The molecule has 0 aliphatic heterocycles. The fraction of sp³-hybridized carbons (Fsp3) is 0.562.